The van der Waals surface area contributed by atoms with Crippen molar-refractivity contribution >= 4 is 27.0 Å². The summed E-state index contributed by atoms with van der Waals surface area (Å²) in [7, 11) is 0. The van der Waals surface area contributed by atoms with Crippen molar-refractivity contribution in [3.63, 3.8) is 0 Å². The van der Waals surface area contributed by atoms with Gasteiger partial charge in [-0.2, -0.15) is 0 Å². The molecule has 3 aromatic rings. The van der Waals surface area contributed by atoms with E-state index in [2.05, 4.69) is 30.9 Å². The molecular weight excluding hydrogens is 306 g/mol. The van der Waals surface area contributed by atoms with Crippen LogP contribution >= 0.6 is 15.9 Å². The van der Waals surface area contributed by atoms with Gasteiger partial charge in [0.25, 0.3) is 0 Å². The van der Waals surface area contributed by atoms with Crippen molar-refractivity contribution in [1.82, 2.24) is 15.0 Å². The summed E-state index contributed by atoms with van der Waals surface area (Å²) >= 11 is 3.50. The van der Waals surface area contributed by atoms with E-state index in [1.165, 1.54) is 0 Å². The summed E-state index contributed by atoms with van der Waals surface area (Å²) in [6, 6.07) is 9.71. The van der Waals surface area contributed by atoms with Crippen molar-refractivity contribution in [2.75, 3.05) is 0 Å². The summed E-state index contributed by atoms with van der Waals surface area (Å²) < 4.78 is 6.71. The Hall–Kier alpha value is -1.88. The van der Waals surface area contributed by atoms with Crippen molar-refractivity contribution in [2.45, 2.75) is 13.5 Å². The lowest BCUT2D eigenvalue weighted by atomic mass is 10.3. The van der Waals surface area contributed by atoms with Crippen LogP contribution in [0.5, 0.6) is 5.75 Å². The third kappa shape index (κ3) is 2.46. The number of aromatic nitrogens is 3. The molecule has 1 aromatic carbocycles. The highest BCUT2D eigenvalue weighted by Crippen LogP contribution is 2.25. The molecule has 0 aliphatic rings. The minimum Gasteiger partial charge on any atom is -0.487 e. The first-order chi connectivity index (χ1) is 9.24. The van der Waals surface area contributed by atoms with Gasteiger partial charge in [-0.15, -0.1) is 0 Å². The van der Waals surface area contributed by atoms with E-state index in [-0.39, 0.29) is 0 Å². The predicted octanol–water partition coefficient (Wildman–Crippen LogP) is 3.61. The molecule has 0 bridgehead atoms. The Morgan fingerprint density at radius 3 is 2.79 bits per heavy atom. The second-order valence-electron chi connectivity index (χ2n) is 4.18. The number of fused-ring (bicyclic) bond motifs is 1. The number of ether oxygens (including phenoxy) is 1. The van der Waals surface area contributed by atoms with Crippen molar-refractivity contribution in [3.8, 4) is 5.75 Å². The Morgan fingerprint density at radius 1 is 1.21 bits per heavy atom. The number of hydrogen-bond donors (Lipinski definition) is 1. The van der Waals surface area contributed by atoms with Crippen LogP contribution < -0.4 is 4.74 Å². The molecule has 3 rings (SSSR count). The normalized spacial score (nSPS) is 10.8. The van der Waals surface area contributed by atoms with Crippen LogP contribution in [0.2, 0.25) is 0 Å². The van der Waals surface area contributed by atoms with Crippen molar-refractivity contribution < 1.29 is 4.74 Å². The van der Waals surface area contributed by atoms with E-state index >= 15 is 0 Å². The molecular formula is C14H12BrN3O. The Balaban J connectivity index is 1.94. The largest absolute Gasteiger partial charge is 0.487 e. The third-order valence-electron chi connectivity index (χ3n) is 2.79. The SMILES string of the molecule is Cc1nc(COc2ccccc2)c2c(Br)c[nH]c2n1. The smallest absolute Gasteiger partial charge is 0.142 e. The number of H-pyrrole nitrogens is 1. The molecule has 0 unspecified atom stereocenters. The Bertz CT molecular complexity index is 709. The van der Waals surface area contributed by atoms with Crippen LogP contribution in [0.1, 0.15) is 11.5 Å². The van der Waals surface area contributed by atoms with E-state index < -0.39 is 0 Å². The summed E-state index contributed by atoms with van der Waals surface area (Å²) in [4.78, 5) is 11.9. The van der Waals surface area contributed by atoms with Gasteiger partial charge in [0.1, 0.15) is 23.8 Å². The Kier molecular flexibility index (Phi) is 3.21. The second kappa shape index (κ2) is 5.01. The molecule has 2 heterocycles. The average molecular weight is 318 g/mol. The number of hydrogen-bond acceptors (Lipinski definition) is 3. The van der Waals surface area contributed by atoms with E-state index in [1.807, 2.05) is 43.5 Å². The van der Waals surface area contributed by atoms with Gasteiger partial charge in [-0.1, -0.05) is 18.2 Å². The zero-order valence-corrected chi connectivity index (χ0v) is 11.9. The third-order valence-corrected chi connectivity index (χ3v) is 3.41. The zero-order valence-electron chi connectivity index (χ0n) is 10.4. The minimum atomic E-state index is 0.417. The summed E-state index contributed by atoms with van der Waals surface area (Å²) in [5.74, 6) is 1.56. The van der Waals surface area contributed by atoms with Crippen LogP contribution in [0, 0.1) is 6.92 Å². The number of rotatable bonds is 3. The van der Waals surface area contributed by atoms with Gasteiger partial charge in [-0.3, -0.25) is 0 Å². The molecule has 0 saturated carbocycles. The maximum Gasteiger partial charge on any atom is 0.142 e. The fraction of sp³-hybridized carbons (Fsp3) is 0.143. The zero-order chi connectivity index (χ0) is 13.2. The number of aromatic amines is 1. The predicted molar refractivity (Wildman–Crippen MR) is 77.1 cm³/mol. The number of benzene rings is 1. The Labute approximate surface area is 119 Å². The van der Waals surface area contributed by atoms with E-state index in [0.717, 1.165) is 32.8 Å². The fourth-order valence-corrected chi connectivity index (χ4v) is 2.49. The van der Waals surface area contributed by atoms with Crippen molar-refractivity contribution in [2.24, 2.45) is 0 Å². The first kappa shape index (κ1) is 12.2. The summed E-state index contributed by atoms with van der Waals surface area (Å²) in [5, 5.41) is 0.974. The number of nitrogens with one attached hydrogen (secondary N) is 1. The van der Waals surface area contributed by atoms with Gasteiger partial charge < -0.3 is 9.72 Å². The van der Waals surface area contributed by atoms with Gasteiger partial charge in [0.2, 0.25) is 0 Å². The molecule has 4 nitrogen and oxygen atoms in total. The molecule has 5 heteroatoms. The lowest BCUT2D eigenvalue weighted by Crippen LogP contribution is -2.02. The molecule has 0 spiro atoms. The van der Waals surface area contributed by atoms with E-state index in [1.54, 1.807) is 0 Å². The van der Waals surface area contributed by atoms with Crippen molar-refractivity contribution in [1.29, 1.82) is 0 Å². The van der Waals surface area contributed by atoms with Crippen LogP contribution in [0.3, 0.4) is 0 Å². The molecule has 96 valence electrons. The lowest BCUT2D eigenvalue weighted by Gasteiger charge is -2.07. The molecule has 19 heavy (non-hydrogen) atoms. The highest BCUT2D eigenvalue weighted by atomic mass is 79.9. The highest BCUT2D eigenvalue weighted by Gasteiger charge is 2.11. The molecule has 0 fully saturated rings. The van der Waals surface area contributed by atoms with E-state index in [4.69, 9.17) is 4.74 Å². The standard InChI is InChI=1S/C14H12BrN3O/c1-9-17-12(8-19-10-5-3-2-4-6-10)13-11(15)7-16-14(13)18-9/h2-7H,8H2,1H3,(H,16,17,18). The molecule has 0 aliphatic heterocycles. The molecule has 0 radical (unpaired) electrons. The van der Waals surface area contributed by atoms with Crippen LogP contribution in [0.15, 0.2) is 41.0 Å². The molecule has 0 saturated heterocycles. The molecule has 0 amide bonds. The molecule has 0 atom stereocenters. The molecule has 1 N–H and O–H groups in total. The molecule has 2 aromatic heterocycles. The first-order valence-corrected chi connectivity index (χ1v) is 6.71. The van der Waals surface area contributed by atoms with Gasteiger partial charge >= 0.3 is 0 Å². The Morgan fingerprint density at radius 2 is 2.00 bits per heavy atom. The lowest BCUT2D eigenvalue weighted by molar-refractivity contribution is 0.302. The monoisotopic (exact) mass is 317 g/mol. The fourth-order valence-electron chi connectivity index (χ4n) is 1.96. The van der Waals surface area contributed by atoms with E-state index in [9.17, 15) is 0 Å². The maximum absolute atomic E-state index is 5.75. The van der Waals surface area contributed by atoms with Crippen LogP contribution in [0.4, 0.5) is 0 Å². The first-order valence-electron chi connectivity index (χ1n) is 5.92. The minimum absolute atomic E-state index is 0.417. The number of nitrogens with zero attached hydrogens (tertiary/aromatic N) is 2. The van der Waals surface area contributed by atoms with Gasteiger partial charge in [-0.05, 0) is 35.0 Å². The topological polar surface area (TPSA) is 50.8 Å². The average Bonchev–Trinajstić information content (AvgIpc) is 2.79. The van der Waals surface area contributed by atoms with Gasteiger partial charge in [-0.25, -0.2) is 9.97 Å². The van der Waals surface area contributed by atoms with Crippen molar-refractivity contribution in [3.05, 3.63) is 52.5 Å². The number of halogens is 1. The van der Waals surface area contributed by atoms with Gasteiger partial charge in [0.15, 0.2) is 0 Å². The number of aryl methyl sites for hydroxylation is 1. The number of para-hydroxylation sites is 1. The highest BCUT2D eigenvalue weighted by molar-refractivity contribution is 9.10. The molecule has 0 aliphatic carbocycles. The van der Waals surface area contributed by atoms with Gasteiger partial charge in [0.05, 0.1) is 11.1 Å². The van der Waals surface area contributed by atoms with Crippen LogP contribution in [0.25, 0.3) is 11.0 Å². The second-order valence-corrected chi connectivity index (χ2v) is 5.03. The summed E-state index contributed by atoms with van der Waals surface area (Å²) in [5.41, 5.74) is 1.70. The summed E-state index contributed by atoms with van der Waals surface area (Å²) in [6.07, 6.45) is 1.87. The van der Waals surface area contributed by atoms with Gasteiger partial charge in [0, 0.05) is 10.7 Å². The maximum atomic E-state index is 5.75. The van der Waals surface area contributed by atoms with Crippen LogP contribution in [-0.2, 0) is 6.61 Å². The quantitative estimate of drug-likeness (QED) is 0.802. The van der Waals surface area contributed by atoms with E-state index in [0.29, 0.717) is 6.61 Å². The van der Waals surface area contributed by atoms with Crippen LogP contribution in [-0.4, -0.2) is 15.0 Å². The summed E-state index contributed by atoms with van der Waals surface area (Å²) in [6.45, 7) is 2.29.